The zero-order valence-electron chi connectivity index (χ0n) is 19.7. The van der Waals surface area contributed by atoms with Crippen molar-refractivity contribution in [2.75, 3.05) is 6.54 Å². The Balaban J connectivity index is 2.44. The summed E-state index contributed by atoms with van der Waals surface area (Å²) >= 11 is -2.60. The zero-order chi connectivity index (χ0) is 22.5. The van der Waals surface area contributed by atoms with Crippen molar-refractivity contribution in [1.29, 1.82) is 0 Å². The van der Waals surface area contributed by atoms with Gasteiger partial charge in [-0.1, -0.05) is 0 Å². The molecule has 3 nitrogen and oxygen atoms in total. The number of unbranched alkanes of at least 4 members (excludes halogenated alkanes) is 3. The Morgan fingerprint density at radius 2 is 1.42 bits per heavy atom. The van der Waals surface area contributed by atoms with Gasteiger partial charge in [0.25, 0.3) is 0 Å². The van der Waals surface area contributed by atoms with Crippen molar-refractivity contribution >= 4 is 30.2 Å². The molecule has 1 aliphatic rings. The fourth-order valence-corrected chi connectivity index (χ4v) is 19.3. The van der Waals surface area contributed by atoms with Crippen LogP contribution in [0, 0.1) is 11.8 Å². The molecule has 4 heteroatoms. The van der Waals surface area contributed by atoms with E-state index >= 15 is 0 Å². The van der Waals surface area contributed by atoms with E-state index in [1.165, 1.54) is 56.7 Å². The fourth-order valence-electron chi connectivity index (χ4n) is 4.31. The summed E-state index contributed by atoms with van der Waals surface area (Å²) in [5, 5.41) is 0. The second-order valence-corrected chi connectivity index (χ2v) is 21.7. The maximum atomic E-state index is 12.3. The van der Waals surface area contributed by atoms with Gasteiger partial charge in [-0.15, -0.1) is 0 Å². The van der Waals surface area contributed by atoms with E-state index in [0.29, 0.717) is 19.4 Å². The van der Waals surface area contributed by atoms with Gasteiger partial charge in [-0.2, -0.15) is 0 Å². The summed E-state index contributed by atoms with van der Waals surface area (Å²) in [5.74, 6) is 6.62. The average Bonchev–Trinajstić information content (AvgIpc) is 3.11. The van der Waals surface area contributed by atoms with E-state index in [2.05, 4.69) is 36.7 Å². The van der Waals surface area contributed by atoms with Crippen LogP contribution in [0.4, 0.5) is 0 Å². The summed E-state index contributed by atoms with van der Waals surface area (Å²) in [6.07, 6.45) is 8.18. The van der Waals surface area contributed by atoms with Crippen molar-refractivity contribution in [2.24, 2.45) is 0 Å². The molecule has 168 valence electrons. The van der Waals surface area contributed by atoms with E-state index in [0.717, 1.165) is 11.1 Å². The van der Waals surface area contributed by atoms with E-state index < -0.39 is 18.4 Å². The molecule has 2 amide bonds. The second-order valence-electron chi connectivity index (χ2n) is 8.83. The van der Waals surface area contributed by atoms with Gasteiger partial charge >= 0.3 is 194 Å². The first kappa shape index (κ1) is 25.7. The number of rotatable bonds is 12. The van der Waals surface area contributed by atoms with Gasteiger partial charge in [-0.05, 0) is 0 Å². The van der Waals surface area contributed by atoms with Gasteiger partial charge in [-0.3, -0.25) is 0 Å². The Morgan fingerprint density at radius 1 is 0.903 bits per heavy atom. The second kappa shape index (κ2) is 13.8. The van der Waals surface area contributed by atoms with Crippen LogP contribution in [-0.4, -0.2) is 41.6 Å². The van der Waals surface area contributed by atoms with Gasteiger partial charge in [0.1, 0.15) is 0 Å². The molecule has 1 aromatic rings. The van der Waals surface area contributed by atoms with E-state index in [1.54, 1.807) is 0 Å². The van der Waals surface area contributed by atoms with Gasteiger partial charge in [0.15, 0.2) is 0 Å². The summed E-state index contributed by atoms with van der Waals surface area (Å²) in [6, 6.07) is 10.0. The van der Waals surface area contributed by atoms with E-state index in [4.69, 9.17) is 0 Å². The summed E-state index contributed by atoms with van der Waals surface area (Å²) in [7, 11) is 0. The fraction of sp³-hybridized carbons (Fsp3) is 0.556. The first-order valence-electron chi connectivity index (χ1n) is 12.2. The summed E-state index contributed by atoms with van der Waals surface area (Å²) in [6.45, 7) is 7.19. The number of carbonyl (C=O) groups is 2. The van der Waals surface area contributed by atoms with Crippen LogP contribution in [0.5, 0.6) is 0 Å². The molecule has 0 aliphatic carbocycles. The first-order valence-corrected chi connectivity index (χ1v) is 19.9. The van der Waals surface area contributed by atoms with Crippen LogP contribution in [0.2, 0.25) is 13.3 Å². The van der Waals surface area contributed by atoms with Gasteiger partial charge in [0.05, 0.1) is 0 Å². The molecular formula is C27H39NO2Sn. The van der Waals surface area contributed by atoms with Crippen LogP contribution in [0.1, 0.15) is 77.7 Å². The monoisotopic (exact) mass is 529 g/mol. The molecule has 0 bridgehead atoms. The summed E-state index contributed by atoms with van der Waals surface area (Å²) in [5.41, 5.74) is 1.98. The molecule has 0 atom stereocenters. The average molecular weight is 528 g/mol. The van der Waals surface area contributed by atoms with E-state index in [9.17, 15) is 9.59 Å². The Hall–Kier alpha value is -1.54. The van der Waals surface area contributed by atoms with Crippen molar-refractivity contribution in [3.8, 4) is 11.8 Å². The molecule has 31 heavy (non-hydrogen) atoms. The standard InChI is InChI=1S/C15H12NO2.3C4H9.Sn/c1-12(7-8-13-5-3-2-4-6-13)11-16-14(17)9-10-15(16)18;3*1-3-4-2;/h1-6H,9-11H2;3*1,3-4H2,2H3;. The van der Waals surface area contributed by atoms with Gasteiger partial charge in [0.2, 0.25) is 0 Å². The third-order valence-electron chi connectivity index (χ3n) is 6.19. The topological polar surface area (TPSA) is 37.4 Å². The molecule has 2 rings (SSSR count). The van der Waals surface area contributed by atoms with Crippen molar-refractivity contribution < 1.29 is 9.59 Å². The third kappa shape index (κ3) is 8.48. The maximum absolute atomic E-state index is 12.3. The van der Waals surface area contributed by atoms with Crippen LogP contribution >= 0.6 is 0 Å². The third-order valence-corrected chi connectivity index (χ3v) is 20.5. The van der Waals surface area contributed by atoms with Crippen LogP contribution in [-0.2, 0) is 9.59 Å². The summed E-state index contributed by atoms with van der Waals surface area (Å²) in [4.78, 5) is 26.1. The molecule has 0 unspecified atom stereocenters. The van der Waals surface area contributed by atoms with Gasteiger partial charge in [0, 0.05) is 0 Å². The van der Waals surface area contributed by atoms with Crippen molar-refractivity contribution in [2.45, 2.75) is 85.4 Å². The predicted octanol–water partition coefficient (Wildman–Crippen LogP) is 6.50. The molecule has 0 N–H and O–H groups in total. The van der Waals surface area contributed by atoms with Gasteiger partial charge < -0.3 is 0 Å². The Bertz CT molecular complexity index is 766. The van der Waals surface area contributed by atoms with Crippen LogP contribution < -0.4 is 0 Å². The SMILES string of the molecule is CCC[CH2][Sn](/[CH]=C(\C#Cc1ccccc1)CN1C(=O)CCC1=O)([CH2]CCC)[CH2]CCC. The molecule has 1 fully saturated rings. The van der Waals surface area contributed by atoms with Crippen molar-refractivity contribution in [1.82, 2.24) is 4.90 Å². The number of imide groups is 1. The Kier molecular flexibility index (Phi) is 11.4. The number of likely N-dealkylation sites (tertiary alicyclic amines) is 1. The molecule has 1 aliphatic heterocycles. The predicted molar refractivity (Wildman–Crippen MR) is 132 cm³/mol. The number of benzene rings is 1. The number of nitrogens with zero attached hydrogens (tertiary/aromatic N) is 1. The van der Waals surface area contributed by atoms with Crippen LogP contribution in [0.3, 0.4) is 0 Å². The van der Waals surface area contributed by atoms with Gasteiger partial charge in [-0.25, -0.2) is 0 Å². The molecular weight excluding hydrogens is 489 g/mol. The normalized spacial score (nSPS) is 14.7. The number of carbonyl (C=O) groups excluding carboxylic acids is 2. The van der Waals surface area contributed by atoms with Crippen molar-refractivity contribution in [3.63, 3.8) is 0 Å². The van der Waals surface area contributed by atoms with Crippen LogP contribution in [0.25, 0.3) is 0 Å². The van der Waals surface area contributed by atoms with Crippen LogP contribution in [0.15, 0.2) is 40.0 Å². The molecule has 1 heterocycles. The quantitative estimate of drug-likeness (QED) is 0.177. The number of hydrogen-bond donors (Lipinski definition) is 0. The molecule has 0 spiro atoms. The molecule has 0 radical (unpaired) electrons. The van der Waals surface area contributed by atoms with E-state index in [-0.39, 0.29) is 11.8 Å². The zero-order valence-corrected chi connectivity index (χ0v) is 22.6. The molecule has 1 aromatic carbocycles. The minimum absolute atomic E-state index is 0.0473. The van der Waals surface area contributed by atoms with E-state index in [1.807, 2.05) is 30.3 Å². The Morgan fingerprint density at radius 3 is 1.90 bits per heavy atom. The first-order chi connectivity index (χ1) is 15.0. The molecule has 0 aromatic heterocycles. The number of hydrogen-bond acceptors (Lipinski definition) is 2. The molecule has 1 saturated heterocycles. The summed E-state index contributed by atoms with van der Waals surface area (Å²) < 4.78 is 6.61. The van der Waals surface area contributed by atoms with Crippen molar-refractivity contribution in [3.05, 3.63) is 45.6 Å². The molecule has 0 saturated carbocycles. The number of amides is 2. The Labute approximate surface area is 193 Å². The minimum atomic E-state index is -2.60.